The van der Waals surface area contributed by atoms with E-state index >= 15 is 0 Å². The number of hydrogen-bond donors (Lipinski definition) is 2. The summed E-state index contributed by atoms with van der Waals surface area (Å²) < 4.78 is 0. The Labute approximate surface area is 115 Å². The van der Waals surface area contributed by atoms with Crippen molar-refractivity contribution in [1.82, 2.24) is 0 Å². The number of carboxylic acids is 1. The smallest absolute Gasteiger partial charge is 0.321 e. The zero-order valence-electron chi connectivity index (χ0n) is 10.1. The second kappa shape index (κ2) is 4.72. The SMILES string of the molecule is N[C@@H](C(=O)O)C1c2ccccc2Sc2ccccc21. The number of nitrogens with two attached hydrogens (primary N) is 1. The normalized spacial score (nSPS) is 15.4. The molecule has 3 nitrogen and oxygen atoms in total. The van der Waals surface area contributed by atoms with Crippen molar-refractivity contribution < 1.29 is 9.90 Å². The van der Waals surface area contributed by atoms with Crippen molar-refractivity contribution in [2.45, 2.75) is 21.8 Å². The second-order valence-corrected chi connectivity index (χ2v) is 5.60. The van der Waals surface area contributed by atoms with Crippen LogP contribution in [0.25, 0.3) is 0 Å². The molecular weight excluding hydrogens is 258 g/mol. The van der Waals surface area contributed by atoms with Gasteiger partial charge in [0.15, 0.2) is 0 Å². The largest absolute Gasteiger partial charge is 0.480 e. The van der Waals surface area contributed by atoms with E-state index in [1.54, 1.807) is 11.8 Å². The molecule has 1 aliphatic heterocycles. The lowest BCUT2D eigenvalue weighted by Gasteiger charge is -2.30. The summed E-state index contributed by atoms with van der Waals surface area (Å²) in [7, 11) is 0. The lowest BCUT2D eigenvalue weighted by molar-refractivity contribution is -0.138. The highest BCUT2D eigenvalue weighted by molar-refractivity contribution is 7.99. The minimum Gasteiger partial charge on any atom is -0.480 e. The molecule has 0 unspecified atom stereocenters. The summed E-state index contributed by atoms with van der Waals surface area (Å²) >= 11 is 1.67. The first kappa shape index (κ1) is 12.3. The molecule has 1 atom stereocenters. The number of benzene rings is 2. The number of rotatable bonds is 2. The summed E-state index contributed by atoms with van der Waals surface area (Å²) in [5.41, 5.74) is 7.91. The van der Waals surface area contributed by atoms with Gasteiger partial charge in [-0.3, -0.25) is 4.79 Å². The molecule has 96 valence electrons. The molecule has 0 bridgehead atoms. The van der Waals surface area contributed by atoms with E-state index < -0.39 is 12.0 Å². The molecule has 0 aromatic heterocycles. The molecular formula is C15H13NO2S. The highest BCUT2D eigenvalue weighted by Crippen LogP contribution is 2.46. The van der Waals surface area contributed by atoms with E-state index in [9.17, 15) is 9.90 Å². The third kappa shape index (κ3) is 2.03. The van der Waals surface area contributed by atoms with Gasteiger partial charge in [-0.1, -0.05) is 48.2 Å². The average molecular weight is 271 g/mol. The Morgan fingerprint density at radius 2 is 1.53 bits per heavy atom. The third-order valence-corrected chi connectivity index (χ3v) is 4.56. The Morgan fingerprint density at radius 1 is 1.05 bits per heavy atom. The maximum Gasteiger partial charge on any atom is 0.321 e. The quantitative estimate of drug-likeness (QED) is 0.881. The van der Waals surface area contributed by atoms with Crippen LogP contribution < -0.4 is 5.73 Å². The zero-order valence-corrected chi connectivity index (χ0v) is 10.9. The molecule has 4 heteroatoms. The van der Waals surface area contributed by atoms with Crippen LogP contribution in [0.2, 0.25) is 0 Å². The molecule has 0 saturated carbocycles. The molecule has 0 fully saturated rings. The molecule has 1 heterocycles. The Bertz CT molecular complexity index is 596. The number of aliphatic carboxylic acids is 1. The van der Waals surface area contributed by atoms with Gasteiger partial charge in [-0.15, -0.1) is 0 Å². The van der Waals surface area contributed by atoms with Gasteiger partial charge >= 0.3 is 5.97 Å². The van der Waals surface area contributed by atoms with Crippen LogP contribution in [0.3, 0.4) is 0 Å². The Hall–Kier alpha value is -1.78. The molecule has 0 spiro atoms. The Kier molecular flexibility index (Phi) is 3.05. The van der Waals surface area contributed by atoms with Crippen molar-refractivity contribution in [2.24, 2.45) is 5.73 Å². The minimum atomic E-state index is -0.971. The van der Waals surface area contributed by atoms with Gasteiger partial charge in [-0.05, 0) is 23.3 Å². The molecule has 19 heavy (non-hydrogen) atoms. The van der Waals surface area contributed by atoms with Crippen LogP contribution in [0, 0.1) is 0 Å². The fourth-order valence-electron chi connectivity index (χ4n) is 2.48. The standard InChI is InChI=1S/C15H13NO2S/c16-14(15(17)18)13-9-5-1-3-7-11(9)19-12-8-4-2-6-10(12)13/h1-8,13-14H,16H2,(H,17,18)/t14-/m1/s1. The van der Waals surface area contributed by atoms with Crippen LogP contribution in [0.1, 0.15) is 17.0 Å². The maximum atomic E-state index is 11.3. The van der Waals surface area contributed by atoms with Gasteiger partial charge in [0.05, 0.1) is 0 Å². The fraction of sp³-hybridized carbons (Fsp3) is 0.133. The summed E-state index contributed by atoms with van der Waals surface area (Å²) in [4.78, 5) is 13.5. The molecule has 2 aromatic carbocycles. The van der Waals surface area contributed by atoms with Crippen LogP contribution in [0.15, 0.2) is 58.3 Å². The van der Waals surface area contributed by atoms with Gasteiger partial charge in [0.1, 0.15) is 6.04 Å². The Morgan fingerprint density at radius 3 is 2.00 bits per heavy atom. The molecule has 0 aliphatic carbocycles. The monoisotopic (exact) mass is 271 g/mol. The number of fused-ring (bicyclic) bond motifs is 2. The third-order valence-electron chi connectivity index (χ3n) is 3.37. The lowest BCUT2D eigenvalue weighted by Crippen LogP contribution is -2.38. The Balaban J connectivity index is 2.19. The lowest BCUT2D eigenvalue weighted by atomic mass is 9.85. The van der Waals surface area contributed by atoms with Gasteiger partial charge in [-0.25, -0.2) is 0 Å². The summed E-state index contributed by atoms with van der Waals surface area (Å²) in [5, 5.41) is 9.25. The molecule has 0 amide bonds. The van der Waals surface area contributed by atoms with E-state index in [1.807, 2.05) is 48.5 Å². The molecule has 3 N–H and O–H groups in total. The van der Waals surface area contributed by atoms with Gasteiger partial charge in [0.25, 0.3) is 0 Å². The first-order valence-corrected chi connectivity index (χ1v) is 6.84. The van der Waals surface area contributed by atoms with E-state index in [0.717, 1.165) is 20.9 Å². The summed E-state index contributed by atoms with van der Waals surface area (Å²) in [5.74, 6) is -1.26. The molecule has 2 aromatic rings. The van der Waals surface area contributed by atoms with Gasteiger partial charge in [0.2, 0.25) is 0 Å². The molecule has 0 radical (unpaired) electrons. The van der Waals surface area contributed by atoms with Gasteiger partial charge in [0, 0.05) is 15.7 Å². The van der Waals surface area contributed by atoms with E-state index in [1.165, 1.54) is 0 Å². The number of carboxylic acid groups (broad SMARTS) is 1. The van der Waals surface area contributed by atoms with Gasteiger partial charge < -0.3 is 10.8 Å². The summed E-state index contributed by atoms with van der Waals surface area (Å²) in [6.07, 6.45) is 0. The van der Waals surface area contributed by atoms with Crippen molar-refractivity contribution in [1.29, 1.82) is 0 Å². The van der Waals surface area contributed by atoms with Crippen molar-refractivity contribution in [3.05, 3.63) is 59.7 Å². The van der Waals surface area contributed by atoms with E-state index in [0.29, 0.717) is 0 Å². The van der Waals surface area contributed by atoms with E-state index in [2.05, 4.69) is 0 Å². The van der Waals surface area contributed by atoms with Crippen LogP contribution in [0.5, 0.6) is 0 Å². The van der Waals surface area contributed by atoms with Crippen molar-refractivity contribution in [3.63, 3.8) is 0 Å². The topological polar surface area (TPSA) is 63.3 Å². The van der Waals surface area contributed by atoms with E-state index in [4.69, 9.17) is 5.73 Å². The van der Waals surface area contributed by atoms with Crippen LogP contribution in [-0.2, 0) is 4.79 Å². The number of carbonyl (C=O) groups is 1. The molecule has 1 aliphatic rings. The summed E-state index contributed by atoms with van der Waals surface area (Å²) in [6.45, 7) is 0. The van der Waals surface area contributed by atoms with E-state index in [-0.39, 0.29) is 5.92 Å². The highest BCUT2D eigenvalue weighted by atomic mass is 32.2. The molecule has 0 saturated heterocycles. The highest BCUT2D eigenvalue weighted by Gasteiger charge is 2.33. The first-order chi connectivity index (χ1) is 9.18. The van der Waals surface area contributed by atoms with Crippen molar-refractivity contribution in [2.75, 3.05) is 0 Å². The summed E-state index contributed by atoms with van der Waals surface area (Å²) in [6, 6.07) is 14.8. The average Bonchev–Trinajstić information content (AvgIpc) is 2.43. The number of hydrogen-bond acceptors (Lipinski definition) is 3. The predicted molar refractivity (Wildman–Crippen MR) is 74.5 cm³/mol. The maximum absolute atomic E-state index is 11.3. The minimum absolute atomic E-state index is 0.286. The van der Waals surface area contributed by atoms with Crippen LogP contribution in [0.4, 0.5) is 0 Å². The van der Waals surface area contributed by atoms with Crippen molar-refractivity contribution in [3.8, 4) is 0 Å². The van der Waals surface area contributed by atoms with Gasteiger partial charge in [-0.2, -0.15) is 0 Å². The fourth-order valence-corrected chi connectivity index (χ4v) is 3.63. The van der Waals surface area contributed by atoms with Crippen LogP contribution >= 0.6 is 11.8 Å². The first-order valence-electron chi connectivity index (χ1n) is 6.02. The molecule has 3 rings (SSSR count). The van der Waals surface area contributed by atoms with Crippen LogP contribution in [-0.4, -0.2) is 17.1 Å². The predicted octanol–water partition coefficient (Wildman–Crippen LogP) is 2.70. The van der Waals surface area contributed by atoms with Crippen molar-refractivity contribution >= 4 is 17.7 Å². The second-order valence-electron chi connectivity index (χ2n) is 4.52. The zero-order chi connectivity index (χ0) is 13.4.